The Kier molecular flexibility index (Phi) is 6.86. The van der Waals surface area contributed by atoms with Gasteiger partial charge in [0.25, 0.3) is 5.60 Å². The largest absolute Gasteiger partial charge is 0.490 e. The lowest BCUT2D eigenvalue weighted by molar-refractivity contribution is -0.376. The predicted octanol–water partition coefficient (Wildman–Crippen LogP) is 4.24. The zero-order chi connectivity index (χ0) is 22.6. The maximum absolute atomic E-state index is 12.8. The Morgan fingerprint density at radius 2 is 1.20 bits per heavy atom. The van der Waals surface area contributed by atoms with Gasteiger partial charge in [-0.25, -0.2) is 4.79 Å². The van der Waals surface area contributed by atoms with E-state index < -0.39 is 29.5 Å². The second kappa shape index (κ2) is 8.82. The van der Waals surface area contributed by atoms with Crippen LogP contribution < -0.4 is 9.47 Å². The molecule has 0 aliphatic heterocycles. The van der Waals surface area contributed by atoms with E-state index >= 15 is 0 Å². The number of carbonyl (C=O) groups excluding carboxylic acids is 1. The molecule has 2 aromatic rings. The Hall–Kier alpha value is -2.95. The van der Waals surface area contributed by atoms with E-state index in [2.05, 4.69) is 4.74 Å². The van der Waals surface area contributed by atoms with Crippen LogP contribution in [-0.2, 0) is 10.3 Å². The number of halogens is 6. The minimum Gasteiger partial charge on any atom is -0.490 e. The number of rotatable bonds is 7. The molecular formula is C19H16F6O5. The van der Waals surface area contributed by atoms with Crippen LogP contribution in [0.1, 0.15) is 15.9 Å². The van der Waals surface area contributed by atoms with E-state index in [1.54, 1.807) is 0 Å². The van der Waals surface area contributed by atoms with Gasteiger partial charge in [0.1, 0.15) is 24.7 Å². The van der Waals surface area contributed by atoms with Gasteiger partial charge in [0, 0.05) is 5.56 Å². The third-order valence-electron chi connectivity index (χ3n) is 3.99. The number of hydrogen-bond acceptors (Lipinski definition) is 5. The number of aliphatic hydroxyl groups is 1. The highest BCUT2D eigenvalue weighted by Gasteiger charge is 2.71. The highest BCUT2D eigenvalue weighted by molar-refractivity contribution is 5.89. The van der Waals surface area contributed by atoms with Gasteiger partial charge in [-0.05, 0) is 36.4 Å². The number of ether oxygens (including phenoxy) is 3. The van der Waals surface area contributed by atoms with Crippen molar-refractivity contribution in [1.82, 2.24) is 0 Å². The molecule has 164 valence electrons. The summed E-state index contributed by atoms with van der Waals surface area (Å²) >= 11 is 0. The second-order valence-electron chi connectivity index (χ2n) is 5.94. The highest BCUT2D eigenvalue weighted by Crippen LogP contribution is 2.50. The molecule has 0 heterocycles. The number of esters is 1. The Bertz CT molecular complexity index is 830. The number of carbonyl (C=O) groups is 1. The third-order valence-corrected chi connectivity index (χ3v) is 3.99. The van der Waals surface area contributed by atoms with Crippen LogP contribution >= 0.6 is 0 Å². The minimum atomic E-state index is -5.95. The topological polar surface area (TPSA) is 65.0 Å². The first-order valence-electron chi connectivity index (χ1n) is 8.30. The lowest BCUT2D eigenvalue weighted by Crippen LogP contribution is -2.53. The Labute approximate surface area is 166 Å². The van der Waals surface area contributed by atoms with Crippen molar-refractivity contribution in [3.05, 3.63) is 59.7 Å². The molecule has 0 spiro atoms. The van der Waals surface area contributed by atoms with Gasteiger partial charge in [-0.3, -0.25) is 0 Å². The predicted molar refractivity (Wildman–Crippen MR) is 91.2 cm³/mol. The fraction of sp³-hybridized carbons (Fsp3) is 0.316. The van der Waals surface area contributed by atoms with Gasteiger partial charge in [-0.1, -0.05) is 12.1 Å². The number of methoxy groups -OCH3 is 1. The summed E-state index contributed by atoms with van der Waals surface area (Å²) in [7, 11) is 1.24. The van der Waals surface area contributed by atoms with Crippen molar-refractivity contribution in [3.8, 4) is 11.5 Å². The molecule has 1 N–H and O–H groups in total. The maximum atomic E-state index is 12.8. The van der Waals surface area contributed by atoms with E-state index in [0.29, 0.717) is 23.4 Å². The SMILES string of the molecule is COC(=O)c1ccc(OCCOc2ccc(C(O)(C(F)(F)F)C(F)(F)F)cc2)cc1. The Morgan fingerprint density at radius 1 is 0.800 bits per heavy atom. The average Bonchev–Trinajstić information content (AvgIpc) is 2.69. The van der Waals surface area contributed by atoms with Crippen molar-refractivity contribution in [2.75, 3.05) is 20.3 Å². The average molecular weight is 438 g/mol. The first kappa shape index (κ1) is 23.3. The monoisotopic (exact) mass is 438 g/mol. The van der Waals surface area contributed by atoms with Crippen LogP contribution in [0.5, 0.6) is 11.5 Å². The Balaban J connectivity index is 1.94. The van der Waals surface area contributed by atoms with Crippen LogP contribution in [0.3, 0.4) is 0 Å². The number of benzene rings is 2. The molecule has 0 atom stereocenters. The Morgan fingerprint density at radius 3 is 1.57 bits per heavy atom. The van der Waals surface area contributed by atoms with Crippen molar-refractivity contribution in [1.29, 1.82) is 0 Å². The molecule has 0 amide bonds. The summed E-state index contributed by atoms with van der Waals surface area (Å²) in [5.41, 5.74) is -6.05. The van der Waals surface area contributed by atoms with Crippen LogP contribution in [-0.4, -0.2) is 43.8 Å². The second-order valence-corrected chi connectivity index (χ2v) is 5.94. The fourth-order valence-electron chi connectivity index (χ4n) is 2.40. The molecule has 0 bridgehead atoms. The van der Waals surface area contributed by atoms with E-state index in [0.717, 1.165) is 12.1 Å². The normalized spacial score (nSPS) is 12.4. The van der Waals surface area contributed by atoms with Crippen molar-refractivity contribution in [2.45, 2.75) is 18.0 Å². The zero-order valence-corrected chi connectivity index (χ0v) is 15.4. The van der Waals surface area contributed by atoms with Gasteiger partial charge in [0.05, 0.1) is 12.7 Å². The molecule has 5 nitrogen and oxygen atoms in total. The standard InChI is InChI=1S/C19H16F6O5/c1-28-16(26)12-2-6-14(7-3-12)29-10-11-30-15-8-4-13(5-9-15)17(27,18(20,21)22)19(23,24)25/h2-9,27H,10-11H2,1H3. The van der Waals surface area contributed by atoms with Gasteiger partial charge >= 0.3 is 18.3 Å². The molecule has 0 fully saturated rings. The van der Waals surface area contributed by atoms with E-state index in [1.807, 2.05) is 0 Å². The molecular weight excluding hydrogens is 422 g/mol. The van der Waals surface area contributed by atoms with Crippen LogP contribution in [0.4, 0.5) is 26.3 Å². The smallest absolute Gasteiger partial charge is 0.430 e. The molecule has 2 rings (SSSR count). The minimum absolute atomic E-state index is 0.00830. The summed E-state index contributed by atoms with van der Waals surface area (Å²) in [4.78, 5) is 11.3. The van der Waals surface area contributed by atoms with Crippen molar-refractivity contribution in [3.63, 3.8) is 0 Å². The van der Waals surface area contributed by atoms with Gasteiger partial charge in [0.15, 0.2) is 0 Å². The molecule has 11 heteroatoms. The molecule has 0 saturated heterocycles. The summed E-state index contributed by atoms with van der Waals surface area (Å²) in [6.07, 6.45) is -11.9. The van der Waals surface area contributed by atoms with E-state index in [4.69, 9.17) is 9.47 Å². The summed E-state index contributed by atoms with van der Waals surface area (Å²) < 4.78 is 92.2. The summed E-state index contributed by atoms with van der Waals surface area (Å²) in [5, 5.41) is 9.32. The lowest BCUT2D eigenvalue weighted by atomic mass is 9.92. The van der Waals surface area contributed by atoms with Gasteiger partial charge < -0.3 is 19.3 Å². The van der Waals surface area contributed by atoms with Crippen molar-refractivity contribution >= 4 is 5.97 Å². The van der Waals surface area contributed by atoms with E-state index in [-0.39, 0.29) is 19.0 Å². The van der Waals surface area contributed by atoms with Gasteiger partial charge in [-0.2, -0.15) is 26.3 Å². The molecule has 0 aliphatic rings. The quantitative estimate of drug-likeness (QED) is 0.398. The first-order valence-corrected chi connectivity index (χ1v) is 8.30. The molecule has 0 aliphatic carbocycles. The summed E-state index contributed by atoms with van der Waals surface area (Å²) in [5.74, 6) is -0.131. The highest BCUT2D eigenvalue weighted by atomic mass is 19.4. The summed E-state index contributed by atoms with van der Waals surface area (Å²) in [6, 6.07) is 8.70. The molecule has 0 saturated carbocycles. The first-order chi connectivity index (χ1) is 13.9. The van der Waals surface area contributed by atoms with E-state index in [9.17, 15) is 36.2 Å². The molecule has 0 radical (unpaired) electrons. The van der Waals surface area contributed by atoms with Crippen LogP contribution in [0.25, 0.3) is 0 Å². The fourth-order valence-corrected chi connectivity index (χ4v) is 2.40. The van der Waals surface area contributed by atoms with Crippen molar-refractivity contribution in [2.24, 2.45) is 0 Å². The number of hydrogen-bond donors (Lipinski definition) is 1. The maximum Gasteiger partial charge on any atom is 0.430 e. The lowest BCUT2D eigenvalue weighted by Gasteiger charge is -2.32. The van der Waals surface area contributed by atoms with Gasteiger partial charge in [-0.15, -0.1) is 0 Å². The number of alkyl halides is 6. The third kappa shape index (κ3) is 4.96. The molecule has 30 heavy (non-hydrogen) atoms. The molecule has 0 aromatic heterocycles. The molecule has 0 unspecified atom stereocenters. The van der Waals surface area contributed by atoms with Gasteiger partial charge in [0.2, 0.25) is 0 Å². The summed E-state index contributed by atoms with van der Waals surface area (Å²) in [6.45, 7) is -0.0602. The molecule has 2 aromatic carbocycles. The van der Waals surface area contributed by atoms with E-state index in [1.165, 1.54) is 31.4 Å². The van der Waals surface area contributed by atoms with Crippen LogP contribution in [0.2, 0.25) is 0 Å². The van der Waals surface area contributed by atoms with Crippen molar-refractivity contribution < 1.29 is 50.5 Å². The zero-order valence-electron chi connectivity index (χ0n) is 15.4. The van der Waals surface area contributed by atoms with Crippen LogP contribution in [0.15, 0.2) is 48.5 Å². The van der Waals surface area contributed by atoms with Crippen LogP contribution in [0, 0.1) is 0 Å².